The average Bonchev–Trinajstić information content (AvgIpc) is 2.48. The van der Waals surface area contributed by atoms with Crippen molar-refractivity contribution in [1.29, 1.82) is 0 Å². The van der Waals surface area contributed by atoms with E-state index >= 15 is 0 Å². The largest absolute Gasteiger partial charge is 0.495 e. The van der Waals surface area contributed by atoms with Gasteiger partial charge in [0.15, 0.2) is 0 Å². The molecular weight excluding hydrogens is 288 g/mol. The van der Waals surface area contributed by atoms with Crippen LogP contribution in [0.3, 0.4) is 0 Å². The first-order valence-corrected chi connectivity index (χ1v) is 7.86. The van der Waals surface area contributed by atoms with Crippen LogP contribution in [0.15, 0.2) is 18.2 Å². The molecule has 5 heteroatoms. The van der Waals surface area contributed by atoms with Crippen LogP contribution in [0, 0.1) is 11.8 Å². The average molecular weight is 308 g/mol. The second-order valence-corrected chi connectivity index (χ2v) is 5.09. The van der Waals surface area contributed by atoms with Gasteiger partial charge in [-0.05, 0) is 24.6 Å². The van der Waals surface area contributed by atoms with E-state index in [4.69, 9.17) is 14.6 Å². The lowest BCUT2D eigenvalue weighted by Crippen LogP contribution is -2.06. The predicted octanol–water partition coefficient (Wildman–Crippen LogP) is 2.23. The fourth-order valence-electron chi connectivity index (χ4n) is 1.61. The summed E-state index contributed by atoms with van der Waals surface area (Å²) in [5.74, 6) is 7.43. The first-order chi connectivity index (χ1) is 10.2. The van der Waals surface area contributed by atoms with Crippen LogP contribution in [0.4, 0.5) is 0 Å². The van der Waals surface area contributed by atoms with Gasteiger partial charge in [0.2, 0.25) is 0 Å². The normalized spacial score (nSPS) is 9.67. The summed E-state index contributed by atoms with van der Waals surface area (Å²) in [6.07, 6.45) is 0.436. The number of benzene rings is 1. The van der Waals surface area contributed by atoms with Crippen molar-refractivity contribution in [3.8, 4) is 17.6 Å². The molecule has 0 atom stereocenters. The Morgan fingerprint density at radius 1 is 1.43 bits per heavy atom. The molecule has 0 saturated carbocycles. The minimum atomic E-state index is -0.195. The van der Waals surface area contributed by atoms with E-state index in [0.717, 1.165) is 11.1 Å². The second kappa shape index (κ2) is 10.1. The molecule has 0 spiro atoms. The van der Waals surface area contributed by atoms with E-state index < -0.39 is 0 Å². The molecule has 0 aliphatic heterocycles. The SMILES string of the molecule is CCOC(=O)CSCc1ccc(OC)c(C#CCCO)c1. The highest BCUT2D eigenvalue weighted by Gasteiger charge is 2.05. The molecule has 0 heterocycles. The van der Waals surface area contributed by atoms with Gasteiger partial charge in [0.05, 0.1) is 31.6 Å². The lowest BCUT2D eigenvalue weighted by Gasteiger charge is -2.07. The molecule has 1 aromatic carbocycles. The van der Waals surface area contributed by atoms with Crippen LogP contribution in [0.1, 0.15) is 24.5 Å². The monoisotopic (exact) mass is 308 g/mol. The molecule has 0 aromatic heterocycles. The van der Waals surface area contributed by atoms with Crippen LogP contribution in [0.25, 0.3) is 0 Å². The minimum Gasteiger partial charge on any atom is -0.495 e. The van der Waals surface area contributed by atoms with Gasteiger partial charge >= 0.3 is 5.97 Å². The summed E-state index contributed by atoms with van der Waals surface area (Å²) in [5, 5.41) is 8.76. The Balaban J connectivity index is 2.65. The topological polar surface area (TPSA) is 55.8 Å². The van der Waals surface area contributed by atoms with Crippen LogP contribution >= 0.6 is 11.8 Å². The first-order valence-electron chi connectivity index (χ1n) is 6.71. The smallest absolute Gasteiger partial charge is 0.315 e. The van der Waals surface area contributed by atoms with E-state index in [1.165, 1.54) is 11.8 Å². The van der Waals surface area contributed by atoms with Crippen molar-refractivity contribution in [2.24, 2.45) is 0 Å². The number of aliphatic hydroxyl groups excluding tert-OH is 1. The van der Waals surface area contributed by atoms with Crippen molar-refractivity contribution < 1.29 is 19.4 Å². The Bertz CT molecular complexity index is 517. The molecule has 0 amide bonds. The first kappa shape index (κ1) is 17.4. The number of thioether (sulfide) groups is 1. The maximum Gasteiger partial charge on any atom is 0.315 e. The van der Waals surface area contributed by atoms with Gasteiger partial charge in [-0.15, -0.1) is 11.8 Å². The molecule has 21 heavy (non-hydrogen) atoms. The van der Waals surface area contributed by atoms with Gasteiger partial charge in [0.1, 0.15) is 5.75 Å². The fourth-order valence-corrected chi connectivity index (χ4v) is 2.38. The second-order valence-electron chi connectivity index (χ2n) is 4.11. The van der Waals surface area contributed by atoms with Gasteiger partial charge < -0.3 is 14.6 Å². The fraction of sp³-hybridized carbons (Fsp3) is 0.438. The molecule has 0 bridgehead atoms. The number of aliphatic hydroxyl groups is 1. The van der Waals surface area contributed by atoms with Crippen LogP contribution in [0.2, 0.25) is 0 Å². The van der Waals surface area contributed by atoms with Crippen LogP contribution in [0.5, 0.6) is 5.75 Å². The Labute approximate surface area is 129 Å². The van der Waals surface area contributed by atoms with Crippen molar-refractivity contribution in [1.82, 2.24) is 0 Å². The van der Waals surface area contributed by atoms with Crippen molar-refractivity contribution in [2.75, 3.05) is 26.1 Å². The number of carbonyl (C=O) groups is 1. The molecule has 0 unspecified atom stereocenters. The molecule has 0 fully saturated rings. The van der Waals surface area contributed by atoms with Gasteiger partial charge in [-0.3, -0.25) is 4.79 Å². The number of ether oxygens (including phenoxy) is 2. The Morgan fingerprint density at radius 3 is 2.90 bits per heavy atom. The Morgan fingerprint density at radius 2 is 2.24 bits per heavy atom. The molecule has 0 aliphatic carbocycles. The molecule has 1 aromatic rings. The van der Waals surface area contributed by atoms with E-state index in [9.17, 15) is 4.79 Å². The van der Waals surface area contributed by atoms with Crippen molar-refractivity contribution in [3.05, 3.63) is 29.3 Å². The van der Waals surface area contributed by atoms with E-state index in [1.807, 2.05) is 18.2 Å². The van der Waals surface area contributed by atoms with E-state index in [0.29, 0.717) is 30.3 Å². The summed E-state index contributed by atoms with van der Waals surface area (Å²) in [6, 6.07) is 5.76. The Hall–Kier alpha value is -1.64. The zero-order valence-electron chi connectivity index (χ0n) is 12.3. The zero-order chi connectivity index (χ0) is 15.5. The summed E-state index contributed by atoms with van der Waals surface area (Å²) in [5.41, 5.74) is 1.86. The minimum absolute atomic E-state index is 0.0460. The number of carbonyl (C=O) groups excluding carboxylic acids is 1. The highest BCUT2D eigenvalue weighted by atomic mass is 32.2. The number of rotatable bonds is 7. The highest BCUT2D eigenvalue weighted by Crippen LogP contribution is 2.21. The van der Waals surface area contributed by atoms with Crippen molar-refractivity contribution >= 4 is 17.7 Å². The lowest BCUT2D eigenvalue weighted by atomic mass is 10.1. The quantitative estimate of drug-likeness (QED) is 0.618. The third-order valence-electron chi connectivity index (χ3n) is 2.52. The van der Waals surface area contributed by atoms with Gasteiger partial charge in [0.25, 0.3) is 0 Å². The Kier molecular flexibility index (Phi) is 8.41. The van der Waals surface area contributed by atoms with E-state index in [-0.39, 0.29) is 12.6 Å². The van der Waals surface area contributed by atoms with Crippen LogP contribution < -0.4 is 4.74 Å². The third kappa shape index (κ3) is 6.56. The highest BCUT2D eigenvalue weighted by molar-refractivity contribution is 7.99. The molecular formula is C16H20O4S. The summed E-state index contributed by atoms with van der Waals surface area (Å²) in [7, 11) is 1.60. The third-order valence-corrected chi connectivity index (χ3v) is 3.50. The number of esters is 1. The van der Waals surface area contributed by atoms with Gasteiger partial charge in [0, 0.05) is 12.2 Å². The molecule has 114 valence electrons. The molecule has 1 rings (SSSR count). The van der Waals surface area contributed by atoms with E-state index in [1.54, 1.807) is 14.0 Å². The summed E-state index contributed by atoms with van der Waals surface area (Å²) in [4.78, 5) is 11.3. The maximum atomic E-state index is 11.3. The van der Waals surface area contributed by atoms with Gasteiger partial charge in [-0.25, -0.2) is 0 Å². The molecule has 1 N–H and O–H groups in total. The van der Waals surface area contributed by atoms with Crippen LogP contribution in [-0.2, 0) is 15.3 Å². The van der Waals surface area contributed by atoms with Crippen molar-refractivity contribution in [3.63, 3.8) is 0 Å². The molecule has 0 aliphatic rings. The zero-order valence-corrected chi connectivity index (χ0v) is 13.2. The maximum absolute atomic E-state index is 11.3. The summed E-state index contributed by atoms with van der Waals surface area (Å²) in [6.45, 7) is 2.25. The summed E-state index contributed by atoms with van der Waals surface area (Å²) < 4.78 is 10.1. The molecule has 0 radical (unpaired) electrons. The van der Waals surface area contributed by atoms with Crippen molar-refractivity contribution in [2.45, 2.75) is 19.1 Å². The predicted molar refractivity (Wildman–Crippen MR) is 84.4 cm³/mol. The van der Waals surface area contributed by atoms with Crippen LogP contribution in [-0.4, -0.2) is 37.2 Å². The number of methoxy groups -OCH3 is 1. The number of hydrogen-bond acceptors (Lipinski definition) is 5. The molecule has 0 saturated heterocycles. The summed E-state index contributed by atoms with van der Waals surface area (Å²) >= 11 is 1.50. The lowest BCUT2D eigenvalue weighted by molar-refractivity contribution is -0.139. The van der Waals surface area contributed by atoms with Gasteiger partial charge in [-0.2, -0.15) is 0 Å². The number of hydrogen-bond donors (Lipinski definition) is 1. The standard InChI is InChI=1S/C16H20O4S/c1-3-20-16(18)12-21-11-13-7-8-15(19-2)14(10-13)6-4-5-9-17/h7-8,10,17H,3,5,9,11-12H2,1-2H3. The van der Waals surface area contributed by atoms with Gasteiger partial charge in [-0.1, -0.05) is 17.9 Å². The van der Waals surface area contributed by atoms with E-state index in [2.05, 4.69) is 11.8 Å². The molecule has 4 nitrogen and oxygen atoms in total.